The highest BCUT2D eigenvalue weighted by Gasteiger charge is 2.17. The van der Waals surface area contributed by atoms with Crippen LogP contribution in [0, 0.1) is 0 Å². The summed E-state index contributed by atoms with van der Waals surface area (Å²) in [6.45, 7) is 0. The van der Waals surface area contributed by atoms with E-state index in [1.807, 2.05) is 30.3 Å². The third kappa shape index (κ3) is 3.94. The van der Waals surface area contributed by atoms with Gasteiger partial charge >= 0.3 is 5.97 Å². The molecule has 1 rings (SSSR count). The van der Waals surface area contributed by atoms with E-state index in [4.69, 9.17) is 5.11 Å². The number of carbonyl (C=O) groups is 2. The fraction of sp³-hybridized carbons (Fsp3) is 0.273. The molecule has 5 heteroatoms. The Labute approximate surface area is 99.1 Å². The molecule has 4 nitrogen and oxygen atoms in total. The number of thiol groups is 1. The number of nitrogens with one attached hydrogen (secondary N) is 1. The van der Waals surface area contributed by atoms with E-state index in [1.165, 1.54) is 0 Å². The third-order valence-corrected chi connectivity index (χ3v) is 2.39. The molecule has 0 aliphatic heterocycles. The quantitative estimate of drug-likeness (QED) is 0.664. The normalized spacial score (nSPS) is 11.8. The minimum Gasteiger partial charge on any atom is -0.480 e. The van der Waals surface area contributed by atoms with E-state index in [2.05, 4.69) is 17.9 Å². The highest BCUT2D eigenvalue weighted by Crippen LogP contribution is 2.00. The molecule has 0 aromatic heterocycles. The smallest absolute Gasteiger partial charge is 0.327 e. The van der Waals surface area contributed by atoms with Crippen molar-refractivity contribution in [3.05, 3.63) is 35.9 Å². The summed E-state index contributed by atoms with van der Waals surface area (Å²) in [5.41, 5.74) is 0.850. The highest BCUT2D eigenvalue weighted by molar-refractivity contribution is 7.80. The third-order valence-electron chi connectivity index (χ3n) is 2.02. The van der Waals surface area contributed by atoms with Crippen molar-refractivity contribution in [2.45, 2.75) is 12.5 Å². The van der Waals surface area contributed by atoms with Crippen LogP contribution in [0.15, 0.2) is 30.3 Å². The van der Waals surface area contributed by atoms with Gasteiger partial charge in [-0.15, -0.1) is 0 Å². The number of aliphatic carboxylic acids is 1. The van der Waals surface area contributed by atoms with E-state index in [-0.39, 0.29) is 18.1 Å². The molecule has 0 saturated carbocycles. The lowest BCUT2D eigenvalue weighted by atomic mass is 10.1. The summed E-state index contributed by atoms with van der Waals surface area (Å²) in [7, 11) is 0. The van der Waals surface area contributed by atoms with Gasteiger partial charge in [0, 0.05) is 5.75 Å². The first-order valence-corrected chi connectivity index (χ1v) is 5.43. The largest absolute Gasteiger partial charge is 0.480 e. The second-order valence-corrected chi connectivity index (χ2v) is 3.67. The molecule has 2 N–H and O–H groups in total. The molecule has 0 saturated heterocycles. The Kier molecular flexibility index (Phi) is 4.85. The molecule has 1 aromatic rings. The predicted octanol–water partition coefficient (Wildman–Crippen LogP) is 0.728. The van der Waals surface area contributed by atoms with Gasteiger partial charge in [-0.3, -0.25) is 4.79 Å². The van der Waals surface area contributed by atoms with Crippen LogP contribution in [0.2, 0.25) is 0 Å². The number of carboxylic acid groups (broad SMARTS) is 1. The SMILES string of the molecule is O=C(Cc1ccccc1)N[C@@H](CS)C(=O)O. The van der Waals surface area contributed by atoms with Crippen LogP contribution in [0.4, 0.5) is 0 Å². The van der Waals surface area contributed by atoms with Gasteiger partial charge in [-0.05, 0) is 5.56 Å². The summed E-state index contributed by atoms with van der Waals surface area (Å²) < 4.78 is 0. The molecule has 0 unspecified atom stereocenters. The summed E-state index contributed by atoms with van der Waals surface area (Å²) in [5.74, 6) is -1.31. The Morgan fingerprint density at radius 3 is 2.44 bits per heavy atom. The van der Waals surface area contributed by atoms with E-state index in [9.17, 15) is 9.59 Å². The van der Waals surface area contributed by atoms with Crippen molar-refractivity contribution >= 4 is 24.5 Å². The molecule has 0 aliphatic rings. The maximum atomic E-state index is 11.5. The zero-order chi connectivity index (χ0) is 12.0. The van der Waals surface area contributed by atoms with Crippen molar-refractivity contribution in [1.29, 1.82) is 0 Å². The maximum Gasteiger partial charge on any atom is 0.327 e. The maximum absolute atomic E-state index is 11.5. The number of benzene rings is 1. The zero-order valence-electron chi connectivity index (χ0n) is 8.59. The average molecular weight is 239 g/mol. The first-order valence-electron chi connectivity index (χ1n) is 4.80. The van der Waals surface area contributed by atoms with Crippen molar-refractivity contribution in [3.63, 3.8) is 0 Å². The second-order valence-electron chi connectivity index (χ2n) is 3.30. The standard InChI is InChI=1S/C11H13NO3S/c13-10(12-9(7-16)11(14)15)6-8-4-2-1-3-5-8/h1-5,9,16H,6-7H2,(H,12,13)(H,14,15)/t9-/m0/s1. The number of rotatable bonds is 5. The Bertz CT molecular complexity index is 367. The van der Waals surface area contributed by atoms with Crippen LogP contribution in [-0.2, 0) is 16.0 Å². The van der Waals surface area contributed by atoms with Crippen molar-refractivity contribution < 1.29 is 14.7 Å². The molecule has 0 radical (unpaired) electrons. The molecule has 1 amide bonds. The molecule has 0 heterocycles. The topological polar surface area (TPSA) is 66.4 Å². The monoisotopic (exact) mass is 239 g/mol. The van der Waals surface area contributed by atoms with Crippen molar-refractivity contribution in [1.82, 2.24) is 5.32 Å². The number of hydrogen-bond acceptors (Lipinski definition) is 3. The lowest BCUT2D eigenvalue weighted by molar-refractivity contribution is -0.141. The van der Waals surface area contributed by atoms with E-state index in [0.717, 1.165) is 5.56 Å². The number of hydrogen-bond donors (Lipinski definition) is 3. The van der Waals surface area contributed by atoms with E-state index < -0.39 is 12.0 Å². The summed E-state index contributed by atoms with van der Waals surface area (Å²) in [4.78, 5) is 22.1. The Morgan fingerprint density at radius 1 is 1.31 bits per heavy atom. The van der Waals surface area contributed by atoms with Gasteiger partial charge < -0.3 is 10.4 Å². The lowest BCUT2D eigenvalue weighted by Gasteiger charge is -2.11. The van der Waals surface area contributed by atoms with Gasteiger partial charge in [-0.25, -0.2) is 4.79 Å². The van der Waals surface area contributed by atoms with E-state index in [1.54, 1.807) is 0 Å². The zero-order valence-corrected chi connectivity index (χ0v) is 9.48. The average Bonchev–Trinajstić information content (AvgIpc) is 2.27. The van der Waals surface area contributed by atoms with Crippen molar-refractivity contribution in [3.8, 4) is 0 Å². The van der Waals surface area contributed by atoms with Gasteiger partial charge in [0.25, 0.3) is 0 Å². The number of carbonyl (C=O) groups excluding carboxylic acids is 1. The van der Waals surface area contributed by atoms with Gasteiger partial charge in [0.1, 0.15) is 6.04 Å². The Hall–Kier alpha value is -1.49. The summed E-state index contributed by atoms with van der Waals surface area (Å²) in [6, 6.07) is 8.21. The number of carboxylic acids is 1. The molecular weight excluding hydrogens is 226 g/mol. The molecule has 0 bridgehead atoms. The van der Waals surface area contributed by atoms with Crippen LogP contribution in [0.3, 0.4) is 0 Å². The molecular formula is C11H13NO3S. The van der Waals surface area contributed by atoms with Crippen LogP contribution in [0.5, 0.6) is 0 Å². The number of amides is 1. The lowest BCUT2D eigenvalue weighted by Crippen LogP contribution is -2.42. The molecule has 0 fully saturated rings. The van der Waals surface area contributed by atoms with Gasteiger partial charge in [-0.2, -0.15) is 12.6 Å². The Balaban J connectivity index is 2.50. The van der Waals surface area contributed by atoms with Crippen LogP contribution in [0.25, 0.3) is 0 Å². The van der Waals surface area contributed by atoms with Gasteiger partial charge in [0.05, 0.1) is 6.42 Å². The second kappa shape index (κ2) is 6.17. The van der Waals surface area contributed by atoms with E-state index in [0.29, 0.717) is 0 Å². The molecule has 86 valence electrons. The molecule has 1 aromatic carbocycles. The summed E-state index contributed by atoms with van der Waals surface area (Å²) in [6.07, 6.45) is 0.179. The minimum atomic E-state index is -1.07. The van der Waals surface area contributed by atoms with Crippen molar-refractivity contribution in [2.24, 2.45) is 0 Å². The first-order chi connectivity index (χ1) is 7.63. The fourth-order valence-electron chi connectivity index (χ4n) is 1.21. The molecule has 16 heavy (non-hydrogen) atoms. The Morgan fingerprint density at radius 2 is 1.94 bits per heavy atom. The van der Waals surface area contributed by atoms with Crippen LogP contribution in [0.1, 0.15) is 5.56 Å². The highest BCUT2D eigenvalue weighted by atomic mass is 32.1. The fourth-order valence-corrected chi connectivity index (χ4v) is 1.46. The van der Waals surface area contributed by atoms with Gasteiger partial charge in [0.15, 0.2) is 0 Å². The van der Waals surface area contributed by atoms with Crippen LogP contribution < -0.4 is 5.32 Å². The first kappa shape index (κ1) is 12.6. The molecule has 0 spiro atoms. The van der Waals surface area contributed by atoms with E-state index >= 15 is 0 Å². The minimum absolute atomic E-state index is 0.0792. The van der Waals surface area contributed by atoms with Gasteiger partial charge in [0.2, 0.25) is 5.91 Å². The van der Waals surface area contributed by atoms with Crippen LogP contribution >= 0.6 is 12.6 Å². The summed E-state index contributed by atoms with van der Waals surface area (Å²) >= 11 is 3.86. The van der Waals surface area contributed by atoms with Crippen molar-refractivity contribution in [2.75, 3.05) is 5.75 Å². The van der Waals surface area contributed by atoms with Crippen LogP contribution in [-0.4, -0.2) is 28.8 Å². The predicted molar refractivity (Wildman–Crippen MR) is 63.6 cm³/mol. The summed E-state index contributed by atoms with van der Waals surface area (Å²) in [5, 5.41) is 11.1. The molecule has 0 aliphatic carbocycles. The van der Waals surface area contributed by atoms with Gasteiger partial charge in [-0.1, -0.05) is 30.3 Å². The molecule has 1 atom stereocenters.